The van der Waals surface area contributed by atoms with Crippen LogP contribution in [0.5, 0.6) is 0 Å². The zero-order valence-corrected chi connectivity index (χ0v) is 12.6. The minimum absolute atomic E-state index is 0.0291. The molecule has 1 aliphatic rings. The fraction of sp³-hybridized carbons (Fsp3) is 0.286. The average Bonchev–Trinajstić information content (AvgIpc) is 2.96. The Morgan fingerprint density at radius 2 is 1.67 bits per heavy atom. The molecular formula is C14H10F6N2OS. The third-order valence-corrected chi connectivity index (χ3v) is 3.74. The molecule has 0 spiro atoms. The van der Waals surface area contributed by atoms with E-state index in [0.717, 1.165) is 12.2 Å². The summed E-state index contributed by atoms with van der Waals surface area (Å²) in [5, 5.41) is 2.75. The molecule has 0 saturated carbocycles. The van der Waals surface area contributed by atoms with E-state index in [1.54, 1.807) is 0 Å². The van der Waals surface area contributed by atoms with Crippen LogP contribution in [0.15, 0.2) is 29.3 Å². The van der Waals surface area contributed by atoms with Crippen molar-refractivity contribution in [3.8, 4) is 0 Å². The van der Waals surface area contributed by atoms with Gasteiger partial charge in [0.25, 0.3) is 0 Å². The van der Waals surface area contributed by atoms with Gasteiger partial charge in [-0.25, -0.2) is 0 Å². The van der Waals surface area contributed by atoms with Crippen molar-refractivity contribution in [3.63, 3.8) is 0 Å². The number of alkyl halides is 6. The van der Waals surface area contributed by atoms with Gasteiger partial charge in [-0.1, -0.05) is 11.8 Å². The minimum Gasteiger partial charge on any atom is -0.302 e. The molecule has 24 heavy (non-hydrogen) atoms. The second-order valence-corrected chi connectivity index (χ2v) is 5.78. The number of carbonyl (C=O) groups excluding carboxylic acids is 1. The van der Waals surface area contributed by atoms with Crippen molar-refractivity contribution in [3.05, 3.63) is 41.0 Å². The third kappa shape index (κ3) is 5.02. The van der Waals surface area contributed by atoms with Gasteiger partial charge in [0.05, 0.1) is 17.7 Å². The van der Waals surface area contributed by atoms with E-state index in [-0.39, 0.29) is 11.6 Å². The Bertz CT molecular complexity index is 661. The number of halogens is 6. The largest absolute Gasteiger partial charge is 0.416 e. The molecule has 1 amide bonds. The van der Waals surface area contributed by atoms with Gasteiger partial charge in [-0.2, -0.15) is 26.3 Å². The van der Waals surface area contributed by atoms with E-state index in [4.69, 9.17) is 0 Å². The van der Waals surface area contributed by atoms with E-state index in [2.05, 4.69) is 10.3 Å². The molecule has 0 atom stereocenters. The molecule has 0 fully saturated rings. The first-order chi connectivity index (χ1) is 11.1. The van der Waals surface area contributed by atoms with Gasteiger partial charge in [-0.05, 0) is 29.8 Å². The van der Waals surface area contributed by atoms with Crippen LogP contribution in [-0.2, 0) is 17.1 Å². The maximum atomic E-state index is 12.7. The van der Waals surface area contributed by atoms with E-state index in [1.165, 1.54) is 11.8 Å². The molecule has 1 aliphatic heterocycles. The number of amides is 1. The number of hydrogen-bond acceptors (Lipinski definition) is 3. The fourth-order valence-corrected chi connectivity index (χ4v) is 2.54. The summed E-state index contributed by atoms with van der Waals surface area (Å²) < 4.78 is 76.3. The number of aliphatic imine (C=N–C) groups is 1. The van der Waals surface area contributed by atoms with Crippen LogP contribution in [0, 0.1) is 0 Å². The quantitative estimate of drug-likeness (QED) is 0.634. The van der Waals surface area contributed by atoms with Crippen molar-refractivity contribution in [2.24, 2.45) is 4.99 Å². The zero-order chi connectivity index (χ0) is 18.0. The lowest BCUT2D eigenvalue weighted by Crippen LogP contribution is -2.25. The standard InChI is InChI=1S/C14H10F6N2OS/c15-13(16,17)9-5-8(6-10(7-9)14(18,19)20)1-2-11(23)22-12-21-3-4-24-12/h1-2,5-7H,3-4H2,(H,21,22,23)/b2-1+. The van der Waals surface area contributed by atoms with E-state index in [1.807, 2.05) is 0 Å². The summed E-state index contributed by atoms with van der Waals surface area (Å²) in [6.45, 7) is 0.534. The molecule has 1 heterocycles. The van der Waals surface area contributed by atoms with Crippen molar-refractivity contribution in [2.45, 2.75) is 12.4 Å². The van der Waals surface area contributed by atoms with Gasteiger partial charge in [0.15, 0.2) is 5.17 Å². The minimum atomic E-state index is -4.93. The molecule has 0 radical (unpaired) electrons. The Labute approximate surface area is 136 Å². The van der Waals surface area contributed by atoms with E-state index >= 15 is 0 Å². The molecule has 130 valence electrons. The van der Waals surface area contributed by atoms with E-state index < -0.39 is 29.4 Å². The molecule has 1 N–H and O–H groups in total. The lowest BCUT2D eigenvalue weighted by atomic mass is 10.0. The summed E-state index contributed by atoms with van der Waals surface area (Å²) >= 11 is 1.29. The Morgan fingerprint density at radius 3 is 2.12 bits per heavy atom. The predicted molar refractivity (Wildman–Crippen MR) is 78.4 cm³/mol. The third-order valence-electron chi connectivity index (χ3n) is 2.85. The lowest BCUT2D eigenvalue weighted by molar-refractivity contribution is -0.143. The number of hydrogen-bond donors (Lipinski definition) is 1. The van der Waals surface area contributed by atoms with Crippen molar-refractivity contribution < 1.29 is 31.1 Å². The van der Waals surface area contributed by atoms with E-state index in [0.29, 0.717) is 29.6 Å². The molecule has 2 rings (SSSR count). The molecule has 3 nitrogen and oxygen atoms in total. The highest BCUT2D eigenvalue weighted by atomic mass is 32.2. The van der Waals surface area contributed by atoms with Crippen LogP contribution in [0.2, 0.25) is 0 Å². The van der Waals surface area contributed by atoms with Gasteiger partial charge >= 0.3 is 12.4 Å². The Morgan fingerprint density at radius 1 is 1.08 bits per heavy atom. The maximum absolute atomic E-state index is 12.7. The summed E-state index contributed by atoms with van der Waals surface area (Å²) in [5.41, 5.74) is -3.26. The molecule has 0 aliphatic carbocycles. The monoisotopic (exact) mass is 368 g/mol. The Hall–Kier alpha value is -1.97. The smallest absolute Gasteiger partial charge is 0.302 e. The highest BCUT2D eigenvalue weighted by Gasteiger charge is 2.36. The number of carbonyl (C=O) groups is 1. The van der Waals surface area contributed by atoms with Crippen molar-refractivity contribution in [2.75, 3.05) is 12.3 Å². The highest BCUT2D eigenvalue weighted by molar-refractivity contribution is 8.14. The van der Waals surface area contributed by atoms with Crippen LogP contribution in [0.4, 0.5) is 26.3 Å². The molecule has 0 bridgehead atoms. The molecule has 0 unspecified atom stereocenters. The fourth-order valence-electron chi connectivity index (χ4n) is 1.80. The Kier molecular flexibility index (Phi) is 5.26. The number of amidine groups is 1. The van der Waals surface area contributed by atoms with Gasteiger partial charge in [0.2, 0.25) is 5.91 Å². The summed E-state index contributed by atoms with van der Waals surface area (Å²) in [4.78, 5) is 15.5. The van der Waals surface area contributed by atoms with Crippen molar-refractivity contribution >= 4 is 28.9 Å². The van der Waals surface area contributed by atoms with Crippen LogP contribution in [-0.4, -0.2) is 23.4 Å². The first kappa shape index (κ1) is 18.4. The highest BCUT2D eigenvalue weighted by Crippen LogP contribution is 2.36. The normalized spacial score (nSPS) is 15.7. The average molecular weight is 368 g/mol. The number of nitrogens with zero attached hydrogens (tertiary/aromatic N) is 1. The first-order valence-electron chi connectivity index (χ1n) is 6.51. The summed E-state index contributed by atoms with van der Waals surface area (Å²) in [7, 11) is 0. The van der Waals surface area contributed by atoms with Gasteiger partial charge in [-0.15, -0.1) is 0 Å². The number of nitrogens with one attached hydrogen (secondary N) is 1. The van der Waals surface area contributed by atoms with Crippen LogP contribution < -0.4 is 5.32 Å². The number of benzene rings is 1. The first-order valence-corrected chi connectivity index (χ1v) is 7.50. The molecule has 10 heteroatoms. The van der Waals surface area contributed by atoms with Crippen LogP contribution in [0.1, 0.15) is 16.7 Å². The SMILES string of the molecule is O=C(/C=C/c1cc(C(F)(F)F)cc(C(F)(F)F)c1)NC1=NCCS1. The van der Waals surface area contributed by atoms with Crippen LogP contribution in [0.25, 0.3) is 6.08 Å². The summed E-state index contributed by atoms with van der Waals surface area (Å²) in [5.74, 6) is 0.0103. The van der Waals surface area contributed by atoms with Gasteiger partial charge in [-0.3, -0.25) is 9.79 Å². The van der Waals surface area contributed by atoms with Crippen molar-refractivity contribution in [1.29, 1.82) is 0 Å². The van der Waals surface area contributed by atoms with Crippen molar-refractivity contribution in [1.82, 2.24) is 5.32 Å². The molecule has 0 saturated heterocycles. The molecular weight excluding hydrogens is 358 g/mol. The lowest BCUT2D eigenvalue weighted by Gasteiger charge is -2.12. The molecule has 0 aromatic heterocycles. The Balaban J connectivity index is 2.25. The zero-order valence-electron chi connectivity index (χ0n) is 11.8. The van der Waals surface area contributed by atoms with Gasteiger partial charge in [0, 0.05) is 11.8 Å². The van der Waals surface area contributed by atoms with Gasteiger partial charge < -0.3 is 5.32 Å². The maximum Gasteiger partial charge on any atom is 0.416 e. The predicted octanol–water partition coefficient (Wildman–Crippen LogP) is 3.96. The van der Waals surface area contributed by atoms with E-state index in [9.17, 15) is 31.1 Å². The van der Waals surface area contributed by atoms with Crippen LogP contribution >= 0.6 is 11.8 Å². The number of rotatable bonds is 2. The summed E-state index contributed by atoms with van der Waals surface area (Å²) in [6, 6.07) is 1.11. The second kappa shape index (κ2) is 6.88. The topological polar surface area (TPSA) is 41.5 Å². The van der Waals surface area contributed by atoms with Crippen LogP contribution in [0.3, 0.4) is 0 Å². The summed E-state index contributed by atoms with van der Waals surface area (Å²) in [6.07, 6.45) is -8.11. The molecule has 1 aromatic carbocycles. The number of thioether (sulfide) groups is 1. The molecule has 1 aromatic rings. The second-order valence-electron chi connectivity index (χ2n) is 4.70. The van der Waals surface area contributed by atoms with Gasteiger partial charge in [0.1, 0.15) is 0 Å².